The van der Waals surface area contributed by atoms with Crippen LogP contribution in [-0.4, -0.2) is 37.4 Å². The first-order valence-electron chi connectivity index (χ1n) is 5.54. The minimum Gasteiger partial charge on any atom is -0.399 e. The predicted octanol–water partition coefficient (Wildman–Crippen LogP) is 1.16. The number of hydrogen-bond donors (Lipinski definition) is 3. The average molecular weight is 317 g/mol. The Morgan fingerprint density at radius 1 is 1.61 bits per heavy atom. The normalized spacial score (nSPS) is 12.2. The summed E-state index contributed by atoms with van der Waals surface area (Å²) in [5.41, 5.74) is 6.64. The van der Waals surface area contributed by atoms with Crippen LogP contribution in [0, 0.1) is 0 Å². The van der Waals surface area contributed by atoms with Gasteiger partial charge in [0.2, 0.25) is 0 Å². The second-order valence-electron chi connectivity index (χ2n) is 3.88. The van der Waals surface area contributed by atoms with Gasteiger partial charge in [-0.2, -0.15) is 0 Å². The Bertz CT molecular complexity index is 406. The second-order valence-corrected chi connectivity index (χ2v) is 4.73. The van der Waals surface area contributed by atoms with E-state index in [1.165, 1.54) is 0 Å². The van der Waals surface area contributed by atoms with Crippen molar-refractivity contribution in [1.29, 1.82) is 0 Å². The van der Waals surface area contributed by atoms with Gasteiger partial charge in [-0.15, -0.1) is 0 Å². The number of amides is 1. The third-order valence-corrected chi connectivity index (χ3v) is 3.11. The van der Waals surface area contributed by atoms with Gasteiger partial charge in [-0.3, -0.25) is 4.79 Å². The Morgan fingerprint density at radius 3 is 2.94 bits per heavy atom. The van der Waals surface area contributed by atoms with Gasteiger partial charge in [-0.25, -0.2) is 0 Å². The lowest BCUT2D eigenvalue weighted by Gasteiger charge is -2.17. The minimum absolute atomic E-state index is 0.00753. The van der Waals surface area contributed by atoms with Gasteiger partial charge < -0.3 is 20.9 Å². The van der Waals surface area contributed by atoms with Gasteiger partial charge in [0.25, 0.3) is 5.91 Å². The predicted molar refractivity (Wildman–Crippen MR) is 73.4 cm³/mol. The molecule has 1 amide bonds. The lowest BCUT2D eigenvalue weighted by atomic mass is 10.1. The number of rotatable bonds is 6. The number of aliphatic hydroxyl groups is 1. The molecule has 0 bridgehead atoms. The fraction of sp³-hybridized carbons (Fsp3) is 0.417. The molecule has 0 radical (unpaired) electrons. The molecule has 1 aromatic rings. The van der Waals surface area contributed by atoms with Gasteiger partial charge in [0.1, 0.15) is 0 Å². The number of aliphatic hydroxyl groups excluding tert-OH is 1. The number of halogens is 1. The largest absolute Gasteiger partial charge is 0.399 e. The number of carbonyl (C=O) groups is 1. The maximum Gasteiger partial charge on any atom is 0.252 e. The first kappa shape index (κ1) is 14.9. The number of nitrogens with one attached hydrogen (secondary N) is 1. The van der Waals surface area contributed by atoms with Crippen molar-refractivity contribution in [2.24, 2.45) is 0 Å². The van der Waals surface area contributed by atoms with Crippen molar-refractivity contribution in [3.8, 4) is 0 Å². The summed E-state index contributed by atoms with van der Waals surface area (Å²) in [7, 11) is 1.55. The fourth-order valence-electron chi connectivity index (χ4n) is 1.53. The van der Waals surface area contributed by atoms with E-state index in [0.717, 1.165) is 0 Å². The maximum atomic E-state index is 12.0. The van der Waals surface area contributed by atoms with Gasteiger partial charge in [0.15, 0.2) is 0 Å². The fourth-order valence-corrected chi connectivity index (χ4v) is 1.96. The Labute approximate surface area is 114 Å². The number of hydrogen-bond acceptors (Lipinski definition) is 4. The van der Waals surface area contributed by atoms with Crippen LogP contribution in [-0.2, 0) is 4.74 Å². The van der Waals surface area contributed by atoms with Crippen LogP contribution in [0.25, 0.3) is 0 Å². The summed E-state index contributed by atoms with van der Waals surface area (Å²) in [6.45, 7) is 0.346. The van der Waals surface area contributed by atoms with Crippen molar-refractivity contribution in [3.05, 3.63) is 28.2 Å². The molecule has 0 fully saturated rings. The molecular formula is C12H17BrN2O3. The van der Waals surface area contributed by atoms with E-state index in [2.05, 4.69) is 21.2 Å². The molecule has 1 aromatic carbocycles. The Balaban J connectivity index is 2.76. The van der Waals surface area contributed by atoms with Crippen molar-refractivity contribution in [3.63, 3.8) is 0 Å². The molecule has 0 spiro atoms. The summed E-state index contributed by atoms with van der Waals surface area (Å²) < 4.78 is 5.66. The van der Waals surface area contributed by atoms with Crippen LogP contribution in [0.3, 0.4) is 0 Å². The highest BCUT2D eigenvalue weighted by Gasteiger charge is 2.15. The van der Waals surface area contributed by atoms with Crippen LogP contribution >= 0.6 is 15.9 Å². The van der Waals surface area contributed by atoms with E-state index < -0.39 is 0 Å². The zero-order chi connectivity index (χ0) is 13.5. The molecule has 6 heteroatoms. The molecular weight excluding hydrogens is 300 g/mol. The number of anilines is 1. The summed E-state index contributed by atoms with van der Waals surface area (Å²) in [4.78, 5) is 12.0. The third-order valence-electron chi connectivity index (χ3n) is 2.42. The summed E-state index contributed by atoms with van der Waals surface area (Å²) in [6, 6.07) is 4.81. The monoisotopic (exact) mass is 316 g/mol. The second kappa shape index (κ2) is 7.35. The van der Waals surface area contributed by atoms with Gasteiger partial charge in [0, 0.05) is 23.9 Å². The van der Waals surface area contributed by atoms with E-state index in [9.17, 15) is 4.79 Å². The third kappa shape index (κ3) is 4.29. The molecule has 5 nitrogen and oxygen atoms in total. The molecule has 1 unspecified atom stereocenters. The van der Waals surface area contributed by atoms with Gasteiger partial charge in [-0.05, 0) is 40.5 Å². The zero-order valence-corrected chi connectivity index (χ0v) is 11.7. The standard InChI is InChI=1S/C12H17BrN2O3/c1-18-7-9(4-5-16)15-12(17)10-6-8(14)2-3-11(10)13/h2-3,6,9,16H,4-5,7,14H2,1H3,(H,15,17). The first-order valence-corrected chi connectivity index (χ1v) is 6.33. The smallest absolute Gasteiger partial charge is 0.252 e. The van der Waals surface area contributed by atoms with E-state index in [1.54, 1.807) is 25.3 Å². The molecule has 100 valence electrons. The maximum absolute atomic E-state index is 12.0. The molecule has 1 atom stereocenters. The summed E-state index contributed by atoms with van der Waals surface area (Å²) in [5, 5.41) is 11.7. The molecule has 0 saturated carbocycles. The van der Waals surface area contributed by atoms with Crippen molar-refractivity contribution < 1.29 is 14.6 Å². The molecule has 18 heavy (non-hydrogen) atoms. The molecule has 1 rings (SSSR count). The molecule has 0 aliphatic heterocycles. The summed E-state index contributed by atoms with van der Waals surface area (Å²) in [6.07, 6.45) is 0.444. The molecule has 0 aromatic heterocycles. The highest BCUT2D eigenvalue weighted by molar-refractivity contribution is 9.10. The summed E-state index contributed by atoms with van der Waals surface area (Å²) >= 11 is 3.30. The zero-order valence-electron chi connectivity index (χ0n) is 10.1. The lowest BCUT2D eigenvalue weighted by Crippen LogP contribution is -2.38. The topological polar surface area (TPSA) is 84.6 Å². The van der Waals surface area contributed by atoms with Crippen molar-refractivity contribution in [1.82, 2.24) is 5.32 Å². The van der Waals surface area contributed by atoms with Gasteiger partial charge >= 0.3 is 0 Å². The van der Waals surface area contributed by atoms with E-state index in [0.29, 0.717) is 28.8 Å². The van der Waals surface area contributed by atoms with Crippen LogP contribution in [0.1, 0.15) is 16.8 Å². The number of carbonyl (C=O) groups excluding carboxylic acids is 1. The summed E-state index contributed by atoms with van der Waals surface area (Å²) in [5.74, 6) is -0.246. The van der Waals surface area contributed by atoms with E-state index in [1.807, 2.05) is 0 Å². The highest BCUT2D eigenvalue weighted by atomic mass is 79.9. The van der Waals surface area contributed by atoms with Crippen molar-refractivity contribution >= 4 is 27.5 Å². The molecule has 0 saturated heterocycles. The minimum atomic E-state index is -0.246. The van der Waals surface area contributed by atoms with E-state index in [4.69, 9.17) is 15.6 Å². The van der Waals surface area contributed by atoms with Crippen molar-refractivity contribution in [2.45, 2.75) is 12.5 Å². The van der Waals surface area contributed by atoms with E-state index >= 15 is 0 Å². The lowest BCUT2D eigenvalue weighted by molar-refractivity contribution is 0.0878. The van der Waals surface area contributed by atoms with Crippen LogP contribution in [0.15, 0.2) is 22.7 Å². The SMILES string of the molecule is COCC(CCO)NC(=O)c1cc(N)ccc1Br. The first-order chi connectivity index (χ1) is 8.58. The van der Waals surface area contributed by atoms with Crippen LogP contribution in [0.2, 0.25) is 0 Å². The Morgan fingerprint density at radius 2 is 2.33 bits per heavy atom. The Kier molecular flexibility index (Phi) is 6.11. The highest BCUT2D eigenvalue weighted by Crippen LogP contribution is 2.19. The number of benzene rings is 1. The molecule has 0 heterocycles. The average Bonchev–Trinajstić information content (AvgIpc) is 2.33. The number of methoxy groups -OCH3 is 1. The van der Waals surface area contributed by atoms with Crippen LogP contribution in [0.4, 0.5) is 5.69 Å². The Hall–Kier alpha value is -1.11. The number of ether oxygens (including phenoxy) is 1. The van der Waals surface area contributed by atoms with Gasteiger partial charge in [-0.1, -0.05) is 0 Å². The number of nitrogens with two attached hydrogens (primary N) is 1. The van der Waals surface area contributed by atoms with E-state index in [-0.39, 0.29) is 18.6 Å². The molecule has 0 aliphatic carbocycles. The molecule has 4 N–H and O–H groups in total. The van der Waals surface area contributed by atoms with Crippen LogP contribution < -0.4 is 11.1 Å². The quantitative estimate of drug-likeness (QED) is 0.688. The van der Waals surface area contributed by atoms with Gasteiger partial charge in [0.05, 0.1) is 18.2 Å². The van der Waals surface area contributed by atoms with Crippen molar-refractivity contribution in [2.75, 3.05) is 26.1 Å². The number of nitrogen functional groups attached to an aromatic ring is 1. The van der Waals surface area contributed by atoms with Crippen LogP contribution in [0.5, 0.6) is 0 Å². The molecule has 0 aliphatic rings.